The van der Waals surface area contributed by atoms with E-state index in [2.05, 4.69) is 22.6 Å². The third-order valence-corrected chi connectivity index (χ3v) is 3.65. The first-order chi connectivity index (χ1) is 6.78. The van der Waals surface area contributed by atoms with Crippen molar-refractivity contribution in [2.24, 2.45) is 5.92 Å². The number of aryl methyl sites for hydroxylation is 1. The van der Waals surface area contributed by atoms with Gasteiger partial charge in [0.25, 0.3) is 0 Å². The largest absolute Gasteiger partial charge is 0.359 e. The lowest BCUT2D eigenvalue weighted by molar-refractivity contribution is 0.586. The molecule has 0 spiro atoms. The van der Waals surface area contributed by atoms with Crippen molar-refractivity contribution in [3.05, 3.63) is 11.1 Å². The fourth-order valence-corrected chi connectivity index (χ4v) is 2.44. The van der Waals surface area contributed by atoms with Gasteiger partial charge in [-0.25, -0.2) is 4.98 Å². The van der Waals surface area contributed by atoms with E-state index < -0.39 is 0 Å². The second kappa shape index (κ2) is 4.30. The minimum Gasteiger partial charge on any atom is -0.359 e. The summed E-state index contributed by atoms with van der Waals surface area (Å²) >= 11 is 1.72. The second-order valence-corrected chi connectivity index (χ2v) is 5.08. The van der Waals surface area contributed by atoms with Crippen LogP contribution in [0.25, 0.3) is 0 Å². The van der Waals surface area contributed by atoms with Gasteiger partial charge in [-0.15, -0.1) is 11.3 Å². The van der Waals surface area contributed by atoms with E-state index in [4.69, 9.17) is 0 Å². The van der Waals surface area contributed by atoms with Crippen LogP contribution in [0.2, 0.25) is 0 Å². The zero-order valence-corrected chi connectivity index (χ0v) is 9.73. The molecule has 1 fully saturated rings. The van der Waals surface area contributed by atoms with E-state index in [0.717, 1.165) is 16.7 Å². The maximum absolute atomic E-state index is 4.43. The van der Waals surface area contributed by atoms with Crippen molar-refractivity contribution in [2.45, 2.75) is 45.6 Å². The highest BCUT2D eigenvalue weighted by atomic mass is 32.1. The lowest BCUT2D eigenvalue weighted by Crippen LogP contribution is -2.18. The highest BCUT2D eigenvalue weighted by Gasteiger charge is 2.24. The van der Waals surface area contributed by atoms with Gasteiger partial charge < -0.3 is 5.32 Å². The smallest absolute Gasteiger partial charge is 0.183 e. The molecule has 1 atom stereocenters. The molecule has 1 aromatic heterocycles. The van der Waals surface area contributed by atoms with Crippen LogP contribution in [0.1, 0.15) is 38.3 Å². The molecule has 1 N–H and O–H groups in total. The summed E-state index contributed by atoms with van der Waals surface area (Å²) in [5, 5.41) is 6.72. The number of rotatable bonds is 5. The van der Waals surface area contributed by atoms with Crippen molar-refractivity contribution in [1.82, 2.24) is 4.98 Å². The predicted octanol–water partition coefficient (Wildman–Crippen LogP) is 3.44. The SMILES string of the molecule is CCC(CC1CC1)Nc1nc(C)cs1. The molecule has 0 aliphatic heterocycles. The van der Waals surface area contributed by atoms with Crippen LogP contribution in [0.5, 0.6) is 0 Å². The maximum Gasteiger partial charge on any atom is 0.183 e. The van der Waals surface area contributed by atoms with Crippen LogP contribution < -0.4 is 5.32 Å². The molecule has 1 aromatic rings. The van der Waals surface area contributed by atoms with Crippen molar-refractivity contribution < 1.29 is 0 Å². The van der Waals surface area contributed by atoms with Gasteiger partial charge in [-0.2, -0.15) is 0 Å². The summed E-state index contributed by atoms with van der Waals surface area (Å²) < 4.78 is 0. The van der Waals surface area contributed by atoms with Crippen LogP contribution >= 0.6 is 11.3 Å². The van der Waals surface area contributed by atoms with E-state index in [0.29, 0.717) is 6.04 Å². The number of thiazole rings is 1. The quantitative estimate of drug-likeness (QED) is 0.805. The number of nitrogens with zero attached hydrogens (tertiary/aromatic N) is 1. The first-order valence-electron chi connectivity index (χ1n) is 5.46. The van der Waals surface area contributed by atoms with E-state index in [1.807, 2.05) is 6.92 Å². The van der Waals surface area contributed by atoms with Gasteiger partial charge in [0.15, 0.2) is 5.13 Å². The number of hydrogen-bond acceptors (Lipinski definition) is 3. The summed E-state index contributed by atoms with van der Waals surface area (Å²) in [7, 11) is 0. The molecule has 1 heterocycles. The summed E-state index contributed by atoms with van der Waals surface area (Å²) in [5.41, 5.74) is 1.12. The van der Waals surface area contributed by atoms with Gasteiger partial charge in [-0.05, 0) is 25.7 Å². The van der Waals surface area contributed by atoms with E-state index in [1.54, 1.807) is 11.3 Å². The molecule has 0 aromatic carbocycles. The molecule has 3 heteroatoms. The molecule has 1 aliphatic rings. The minimum absolute atomic E-state index is 0.632. The Hall–Kier alpha value is -0.570. The highest BCUT2D eigenvalue weighted by molar-refractivity contribution is 7.13. The normalized spacial score (nSPS) is 18.1. The fraction of sp³-hybridized carbons (Fsp3) is 0.727. The molecular weight excluding hydrogens is 192 g/mol. The summed E-state index contributed by atoms with van der Waals surface area (Å²) in [4.78, 5) is 4.43. The van der Waals surface area contributed by atoms with Crippen LogP contribution in [0.4, 0.5) is 5.13 Å². The van der Waals surface area contributed by atoms with Crippen LogP contribution in [-0.2, 0) is 0 Å². The third-order valence-electron chi connectivity index (χ3n) is 2.75. The Bertz CT molecular complexity index is 291. The Kier molecular flexibility index (Phi) is 3.06. The van der Waals surface area contributed by atoms with Crippen LogP contribution in [0, 0.1) is 12.8 Å². The van der Waals surface area contributed by atoms with Gasteiger partial charge in [0.1, 0.15) is 0 Å². The molecule has 2 rings (SSSR count). The van der Waals surface area contributed by atoms with Gasteiger partial charge in [0.05, 0.1) is 5.69 Å². The standard InChI is InChI=1S/C11H18N2S/c1-3-10(6-9-4-5-9)13-11-12-8(2)7-14-11/h7,9-10H,3-6H2,1-2H3,(H,12,13). The zero-order valence-electron chi connectivity index (χ0n) is 8.92. The van der Waals surface area contributed by atoms with Crippen LogP contribution in [0.15, 0.2) is 5.38 Å². The first kappa shape index (κ1) is 9.97. The van der Waals surface area contributed by atoms with Crippen LogP contribution in [-0.4, -0.2) is 11.0 Å². The van der Waals surface area contributed by atoms with Gasteiger partial charge in [-0.3, -0.25) is 0 Å². The Labute approximate surface area is 89.8 Å². The molecular formula is C11H18N2S. The monoisotopic (exact) mass is 210 g/mol. The summed E-state index contributed by atoms with van der Waals surface area (Å²) in [5.74, 6) is 0.994. The number of hydrogen-bond donors (Lipinski definition) is 1. The molecule has 1 aliphatic carbocycles. The second-order valence-electron chi connectivity index (χ2n) is 4.22. The van der Waals surface area contributed by atoms with Crippen molar-refractivity contribution in [2.75, 3.05) is 5.32 Å². The van der Waals surface area contributed by atoms with Crippen LogP contribution in [0.3, 0.4) is 0 Å². The molecule has 0 amide bonds. The summed E-state index contributed by atoms with van der Waals surface area (Å²) in [6, 6.07) is 0.632. The molecule has 0 saturated heterocycles. The number of anilines is 1. The van der Waals surface area contributed by atoms with E-state index in [9.17, 15) is 0 Å². The topological polar surface area (TPSA) is 24.9 Å². The Balaban J connectivity index is 1.86. The number of aromatic nitrogens is 1. The third kappa shape index (κ3) is 2.71. The van der Waals surface area contributed by atoms with Crippen molar-refractivity contribution in [3.63, 3.8) is 0 Å². The predicted molar refractivity (Wildman–Crippen MR) is 61.9 cm³/mol. The highest BCUT2D eigenvalue weighted by Crippen LogP contribution is 2.35. The molecule has 78 valence electrons. The van der Waals surface area contributed by atoms with Crippen molar-refractivity contribution in [3.8, 4) is 0 Å². The Morgan fingerprint density at radius 1 is 1.64 bits per heavy atom. The molecule has 14 heavy (non-hydrogen) atoms. The van der Waals surface area contributed by atoms with E-state index in [1.165, 1.54) is 25.7 Å². The summed E-state index contributed by atoms with van der Waals surface area (Å²) in [6.07, 6.45) is 5.41. The van der Waals surface area contributed by atoms with Crippen molar-refractivity contribution in [1.29, 1.82) is 0 Å². The maximum atomic E-state index is 4.43. The summed E-state index contributed by atoms with van der Waals surface area (Å²) in [6.45, 7) is 4.30. The fourth-order valence-electron chi connectivity index (χ4n) is 1.68. The minimum atomic E-state index is 0.632. The van der Waals surface area contributed by atoms with E-state index >= 15 is 0 Å². The first-order valence-corrected chi connectivity index (χ1v) is 6.34. The Morgan fingerprint density at radius 3 is 2.93 bits per heavy atom. The molecule has 1 saturated carbocycles. The van der Waals surface area contributed by atoms with Crippen molar-refractivity contribution >= 4 is 16.5 Å². The molecule has 0 radical (unpaired) electrons. The Morgan fingerprint density at radius 2 is 2.43 bits per heavy atom. The van der Waals surface area contributed by atoms with Gasteiger partial charge in [-0.1, -0.05) is 19.8 Å². The molecule has 2 nitrogen and oxygen atoms in total. The van der Waals surface area contributed by atoms with E-state index in [-0.39, 0.29) is 0 Å². The zero-order chi connectivity index (χ0) is 9.97. The molecule has 0 bridgehead atoms. The van der Waals surface area contributed by atoms with Gasteiger partial charge in [0, 0.05) is 11.4 Å². The number of nitrogens with one attached hydrogen (secondary N) is 1. The van der Waals surface area contributed by atoms with Gasteiger partial charge >= 0.3 is 0 Å². The van der Waals surface area contributed by atoms with Gasteiger partial charge in [0.2, 0.25) is 0 Å². The average Bonchev–Trinajstić information content (AvgIpc) is 2.89. The average molecular weight is 210 g/mol. The molecule has 1 unspecified atom stereocenters. The lowest BCUT2D eigenvalue weighted by Gasteiger charge is -2.15. The lowest BCUT2D eigenvalue weighted by atomic mass is 10.1.